The van der Waals surface area contributed by atoms with Gasteiger partial charge < -0.3 is 15.0 Å². The van der Waals surface area contributed by atoms with Crippen LogP contribution in [-0.4, -0.2) is 58.9 Å². The molecule has 1 amide bonds. The summed E-state index contributed by atoms with van der Waals surface area (Å²) < 4.78 is 7.13. The molecule has 3 heterocycles. The molecule has 0 unspecified atom stereocenters. The van der Waals surface area contributed by atoms with Crippen molar-refractivity contribution in [3.8, 4) is 5.88 Å². The first-order valence-corrected chi connectivity index (χ1v) is 8.38. The number of hydrogen-bond acceptors (Lipinski definition) is 5. The SMILES string of the molecule is COc1nn(C)c2nc(C)c(CCC(=O)N3CCNCC3)c(C)c12.Cl. The Morgan fingerprint density at radius 1 is 1.28 bits per heavy atom. The van der Waals surface area contributed by atoms with Crippen LogP contribution >= 0.6 is 12.4 Å². The van der Waals surface area contributed by atoms with E-state index in [2.05, 4.69) is 22.3 Å². The molecule has 2 aromatic rings. The molecule has 25 heavy (non-hydrogen) atoms. The molecule has 1 aliphatic rings. The smallest absolute Gasteiger partial charge is 0.242 e. The quantitative estimate of drug-likeness (QED) is 0.883. The fourth-order valence-corrected chi connectivity index (χ4v) is 3.41. The second-order valence-corrected chi connectivity index (χ2v) is 6.26. The van der Waals surface area contributed by atoms with E-state index in [-0.39, 0.29) is 18.3 Å². The Kier molecular flexibility index (Phi) is 6.24. The van der Waals surface area contributed by atoms with Gasteiger partial charge in [-0.3, -0.25) is 4.79 Å². The topological polar surface area (TPSA) is 72.3 Å². The van der Waals surface area contributed by atoms with Crippen molar-refractivity contribution >= 4 is 29.3 Å². The number of aromatic nitrogens is 3. The monoisotopic (exact) mass is 367 g/mol. The molecule has 1 N–H and O–H groups in total. The number of carbonyl (C=O) groups excluding carboxylic acids is 1. The van der Waals surface area contributed by atoms with Gasteiger partial charge in [0.25, 0.3) is 0 Å². The molecule has 0 spiro atoms. The highest BCUT2D eigenvalue weighted by Crippen LogP contribution is 2.30. The van der Waals surface area contributed by atoms with Gasteiger partial charge in [-0.2, -0.15) is 0 Å². The second-order valence-electron chi connectivity index (χ2n) is 6.26. The molecule has 1 aliphatic heterocycles. The highest BCUT2D eigenvalue weighted by atomic mass is 35.5. The molecule has 1 fully saturated rings. The third-order valence-electron chi connectivity index (χ3n) is 4.77. The molecule has 0 aromatic carbocycles. The maximum atomic E-state index is 12.4. The fourth-order valence-electron chi connectivity index (χ4n) is 3.41. The van der Waals surface area contributed by atoms with E-state index in [0.29, 0.717) is 18.7 Å². The number of hydrogen-bond donors (Lipinski definition) is 1. The van der Waals surface area contributed by atoms with Crippen LogP contribution in [0.1, 0.15) is 23.2 Å². The third kappa shape index (κ3) is 3.72. The van der Waals surface area contributed by atoms with Gasteiger partial charge >= 0.3 is 0 Å². The number of carbonyl (C=O) groups is 1. The van der Waals surface area contributed by atoms with Crippen LogP contribution in [0.3, 0.4) is 0 Å². The van der Waals surface area contributed by atoms with Crippen LogP contribution in [0.15, 0.2) is 0 Å². The third-order valence-corrected chi connectivity index (χ3v) is 4.77. The second kappa shape index (κ2) is 8.01. The molecule has 7 nitrogen and oxygen atoms in total. The zero-order chi connectivity index (χ0) is 17.3. The highest BCUT2D eigenvalue weighted by molar-refractivity contribution is 5.86. The summed E-state index contributed by atoms with van der Waals surface area (Å²) in [7, 11) is 3.49. The van der Waals surface area contributed by atoms with Crippen molar-refractivity contribution < 1.29 is 9.53 Å². The molecule has 3 rings (SSSR count). The standard InChI is InChI=1S/C17H25N5O2.ClH/c1-11-13(5-6-14(23)22-9-7-18-8-10-22)12(2)19-16-15(11)17(24-4)20-21(16)3;/h18H,5-10H2,1-4H3;1H. The lowest BCUT2D eigenvalue weighted by Gasteiger charge is -2.27. The Hall–Kier alpha value is -1.86. The summed E-state index contributed by atoms with van der Waals surface area (Å²) in [5.74, 6) is 0.806. The zero-order valence-electron chi connectivity index (χ0n) is 15.3. The van der Waals surface area contributed by atoms with E-state index < -0.39 is 0 Å². The van der Waals surface area contributed by atoms with Gasteiger partial charge in [-0.25, -0.2) is 9.67 Å². The Labute approximate surface area is 154 Å². The van der Waals surface area contributed by atoms with Crippen LogP contribution in [0, 0.1) is 13.8 Å². The average molecular weight is 368 g/mol. The molecule has 0 atom stereocenters. The fraction of sp³-hybridized carbons (Fsp3) is 0.588. The first kappa shape index (κ1) is 19.5. The zero-order valence-corrected chi connectivity index (χ0v) is 16.1. The molecule has 8 heteroatoms. The number of nitrogens with zero attached hydrogens (tertiary/aromatic N) is 4. The predicted octanol–water partition coefficient (Wildman–Crippen LogP) is 1.38. The number of pyridine rings is 1. The van der Waals surface area contributed by atoms with Crippen LogP contribution < -0.4 is 10.1 Å². The summed E-state index contributed by atoms with van der Waals surface area (Å²) in [6.45, 7) is 7.41. The Balaban J connectivity index is 0.00000225. The van der Waals surface area contributed by atoms with Gasteiger partial charge in [0.05, 0.1) is 12.5 Å². The number of halogens is 1. The molecule has 0 radical (unpaired) electrons. The van der Waals surface area contributed by atoms with Crippen molar-refractivity contribution in [1.82, 2.24) is 25.0 Å². The van der Waals surface area contributed by atoms with E-state index in [0.717, 1.165) is 54.0 Å². The van der Waals surface area contributed by atoms with E-state index in [1.807, 2.05) is 18.9 Å². The summed E-state index contributed by atoms with van der Waals surface area (Å²) in [6.07, 6.45) is 1.21. The number of fused-ring (bicyclic) bond motifs is 1. The van der Waals surface area contributed by atoms with E-state index in [4.69, 9.17) is 4.74 Å². The number of methoxy groups -OCH3 is 1. The van der Waals surface area contributed by atoms with Crippen LogP contribution in [0.25, 0.3) is 11.0 Å². The maximum absolute atomic E-state index is 12.4. The summed E-state index contributed by atoms with van der Waals surface area (Å²) in [6, 6.07) is 0. The summed E-state index contributed by atoms with van der Waals surface area (Å²) in [5.41, 5.74) is 4.01. The van der Waals surface area contributed by atoms with Gasteiger partial charge in [0.2, 0.25) is 11.8 Å². The van der Waals surface area contributed by atoms with Gasteiger partial charge in [-0.15, -0.1) is 17.5 Å². The van der Waals surface area contributed by atoms with Gasteiger partial charge in [-0.1, -0.05) is 0 Å². The van der Waals surface area contributed by atoms with Crippen LogP contribution in [0.5, 0.6) is 5.88 Å². The van der Waals surface area contributed by atoms with E-state index in [1.165, 1.54) is 0 Å². The first-order valence-electron chi connectivity index (χ1n) is 8.38. The van der Waals surface area contributed by atoms with Crippen molar-refractivity contribution in [2.45, 2.75) is 26.7 Å². The number of ether oxygens (including phenoxy) is 1. The number of piperazine rings is 1. The molecule has 0 bridgehead atoms. The minimum atomic E-state index is 0. The van der Waals surface area contributed by atoms with Gasteiger partial charge in [0.1, 0.15) is 0 Å². The minimum absolute atomic E-state index is 0. The van der Waals surface area contributed by atoms with Crippen LogP contribution in [-0.2, 0) is 18.3 Å². The van der Waals surface area contributed by atoms with Gasteiger partial charge in [0.15, 0.2) is 5.65 Å². The Morgan fingerprint density at radius 3 is 2.60 bits per heavy atom. The summed E-state index contributed by atoms with van der Waals surface area (Å²) in [4.78, 5) is 19.0. The predicted molar refractivity (Wildman–Crippen MR) is 99.6 cm³/mol. The number of nitrogens with one attached hydrogen (secondary N) is 1. The molecule has 1 saturated heterocycles. The number of aryl methyl sites for hydroxylation is 3. The van der Waals surface area contributed by atoms with Gasteiger partial charge in [0, 0.05) is 45.3 Å². The molecule has 0 saturated carbocycles. The lowest BCUT2D eigenvalue weighted by atomic mass is 10.00. The van der Waals surface area contributed by atoms with Crippen molar-refractivity contribution in [2.75, 3.05) is 33.3 Å². The van der Waals surface area contributed by atoms with Crippen molar-refractivity contribution in [1.29, 1.82) is 0 Å². The molecule has 2 aromatic heterocycles. The van der Waals surface area contributed by atoms with Crippen LogP contribution in [0.2, 0.25) is 0 Å². The van der Waals surface area contributed by atoms with Crippen LogP contribution in [0.4, 0.5) is 0 Å². The molecular weight excluding hydrogens is 342 g/mol. The van der Waals surface area contributed by atoms with Crippen molar-refractivity contribution in [3.05, 3.63) is 16.8 Å². The molecular formula is C17H26ClN5O2. The first-order chi connectivity index (χ1) is 11.5. The summed E-state index contributed by atoms with van der Waals surface area (Å²) in [5, 5.41) is 8.58. The van der Waals surface area contributed by atoms with Crippen molar-refractivity contribution in [2.24, 2.45) is 7.05 Å². The maximum Gasteiger partial charge on any atom is 0.242 e. The van der Waals surface area contributed by atoms with Crippen molar-refractivity contribution in [3.63, 3.8) is 0 Å². The summed E-state index contributed by atoms with van der Waals surface area (Å²) >= 11 is 0. The molecule has 0 aliphatic carbocycles. The molecule has 138 valence electrons. The lowest BCUT2D eigenvalue weighted by molar-refractivity contribution is -0.131. The Bertz CT molecular complexity index is 768. The van der Waals surface area contributed by atoms with E-state index in [9.17, 15) is 4.79 Å². The van der Waals surface area contributed by atoms with E-state index in [1.54, 1.807) is 11.8 Å². The Morgan fingerprint density at radius 2 is 1.96 bits per heavy atom. The average Bonchev–Trinajstić information content (AvgIpc) is 2.91. The largest absolute Gasteiger partial charge is 0.479 e. The van der Waals surface area contributed by atoms with Gasteiger partial charge in [-0.05, 0) is 31.4 Å². The minimum Gasteiger partial charge on any atom is -0.479 e. The normalized spacial score (nSPS) is 14.5. The van der Waals surface area contributed by atoms with E-state index >= 15 is 0 Å². The number of rotatable bonds is 4. The lowest BCUT2D eigenvalue weighted by Crippen LogP contribution is -2.46. The number of amides is 1. The highest BCUT2D eigenvalue weighted by Gasteiger charge is 2.20.